The van der Waals surface area contributed by atoms with Crippen LogP contribution < -0.4 is 5.76 Å². The molecule has 0 unspecified atom stereocenters. The molecule has 3 rings (SSSR count). The number of H-pyrrole nitrogens is 1. The number of halogens is 2. The Morgan fingerprint density at radius 2 is 1.90 bits per heavy atom. The molecule has 1 N–H and O–H groups in total. The average Bonchev–Trinajstić information content (AvgIpc) is 2.77. The van der Waals surface area contributed by atoms with Crippen molar-refractivity contribution in [2.75, 3.05) is 0 Å². The summed E-state index contributed by atoms with van der Waals surface area (Å²) < 4.78 is 17.7. The van der Waals surface area contributed by atoms with Crippen LogP contribution in [-0.4, -0.2) is 10.8 Å². The van der Waals surface area contributed by atoms with Gasteiger partial charge < -0.3 is 4.42 Å². The highest BCUT2D eigenvalue weighted by atomic mass is 35.5. The summed E-state index contributed by atoms with van der Waals surface area (Å²) in [6.45, 7) is 0. The lowest BCUT2D eigenvalue weighted by Gasteiger charge is -2.03. The molecule has 0 spiro atoms. The summed E-state index contributed by atoms with van der Waals surface area (Å²) in [6.07, 6.45) is 0. The van der Waals surface area contributed by atoms with Crippen LogP contribution in [0.5, 0.6) is 0 Å². The molecule has 0 radical (unpaired) electrons. The van der Waals surface area contributed by atoms with Crippen LogP contribution in [0.25, 0.3) is 11.1 Å². The van der Waals surface area contributed by atoms with E-state index in [0.29, 0.717) is 11.1 Å². The predicted molar refractivity (Wildman–Crippen MR) is 71.7 cm³/mol. The molecule has 4 nitrogen and oxygen atoms in total. The van der Waals surface area contributed by atoms with Gasteiger partial charge in [-0.05, 0) is 36.4 Å². The Morgan fingerprint density at radius 3 is 2.60 bits per heavy atom. The lowest BCUT2D eigenvalue weighted by atomic mass is 10.0. The minimum Gasteiger partial charge on any atom is -0.408 e. The number of benzene rings is 2. The van der Waals surface area contributed by atoms with Crippen LogP contribution in [0.15, 0.2) is 45.6 Å². The van der Waals surface area contributed by atoms with Gasteiger partial charge in [0.25, 0.3) is 0 Å². The fourth-order valence-electron chi connectivity index (χ4n) is 1.90. The third-order valence-electron chi connectivity index (χ3n) is 2.86. The third-order valence-corrected chi connectivity index (χ3v) is 3.17. The summed E-state index contributed by atoms with van der Waals surface area (Å²) >= 11 is 6.03. The van der Waals surface area contributed by atoms with E-state index in [0.717, 1.165) is 0 Å². The standard InChI is InChI=1S/C14H7ClFNO3/c15-10-6-11-12(20-14(19)17-11)5-9(10)13(18)7-1-3-8(16)4-2-7/h1-6H,(H,17,19). The number of carbonyl (C=O) groups is 1. The first-order valence-corrected chi connectivity index (χ1v) is 6.05. The van der Waals surface area contributed by atoms with Gasteiger partial charge in [-0.3, -0.25) is 9.78 Å². The second-order valence-electron chi connectivity index (χ2n) is 4.18. The molecule has 2 aromatic carbocycles. The number of aromatic nitrogens is 1. The molecular weight excluding hydrogens is 285 g/mol. The fourth-order valence-corrected chi connectivity index (χ4v) is 2.15. The lowest BCUT2D eigenvalue weighted by molar-refractivity contribution is 0.103. The first kappa shape index (κ1) is 12.6. The minimum atomic E-state index is -0.623. The van der Waals surface area contributed by atoms with Crippen LogP contribution >= 0.6 is 11.6 Å². The number of oxazole rings is 1. The van der Waals surface area contributed by atoms with Crippen LogP contribution in [0, 0.1) is 5.82 Å². The molecule has 0 aliphatic rings. The normalized spacial score (nSPS) is 10.9. The van der Waals surface area contributed by atoms with Crippen molar-refractivity contribution in [1.29, 1.82) is 0 Å². The molecule has 1 aromatic heterocycles. The van der Waals surface area contributed by atoms with Crippen molar-refractivity contribution in [2.24, 2.45) is 0 Å². The number of rotatable bonds is 2. The minimum absolute atomic E-state index is 0.184. The zero-order valence-electron chi connectivity index (χ0n) is 9.94. The molecule has 0 bridgehead atoms. The topological polar surface area (TPSA) is 63.1 Å². The van der Waals surface area contributed by atoms with E-state index in [-0.39, 0.29) is 22.0 Å². The van der Waals surface area contributed by atoms with E-state index in [1.807, 2.05) is 0 Å². The lowest BCUT2D eigenvalue weighted by Crippen LogP contribution is -2.02. The van der Waals surface area contributed by atoms with Crippen LogP contribution in [0.4, 0.5) is 4.39 Å². The highest BCUT2D eigenvalue weighted by Gasteiger charge is 2.16. The van der Waals surface area contributed by atoms with Gasteiger partial charge in [-0.1, -0.05) is 11.6 Å². The van der Waals surface area contributed by atoms with Crippen molar-refractivity contribution in [2.45, 2.75) is 0 Å². The van der Waals surface area contributed by atoms with Crippen molar-refractivity contribution < 1.29 is 13.6 Å². The van der Waals surface area contributed by atoms with E-state index >= 15 is 0 Å². The van der Waals surface area contributed by atoms with E-state index in [9.17, 15) is 14.0 Å². The summed E-state index contributed by atoms with van der Waals surface area (Å²) in [7, 11) is 0. The maximum Gasteiger partial charge on any atom is 0.417 e. The van der Waals surface area contributed by atoms with Crippen LogP contribution in [0.3, 0.4) is 0 Å². The average molecular weight is 292 g/mol. The Hall–Kier alpha value is -2.40. The van der Waals surface area contributed by atoms with E-state index < -0.39 is 11.6 Å². The first-order chi connectivity index (χ1) is 9.54. The number of nitrogens with one attached hydrogen (secondary N) is 1. The summed E-state index contributed by atoms with van der Waals surface area (Å²) in [5, 5.41) is 0.184. The highest BCUT2D eigenvalue weighted by Crippen LogP contribution is 2.24. The van der Waals surface area contributed by atoms with Crippen LogP contribution in [-0.2, 0) is 0 Å². The van der Waals surface area contributed by atoms with Gasteiger partial charge in [0, 0.05) is 11.1 Å². The largest absolute Gasteiger partial charge is 0.417 e. The molecule has 0 amide bonds. The smallest absolute Gasteiger partial charge is 0.408 e. The summed E-state index contributed by atoms with van der Waals surface area (Å²) in [5.74, 6) is -1.43. The molecule has 1 heterocycles. The van der Waals surface area contributed by atoms with Gasteiger partial charge in [-0.25, -0.2) is 9.18 Å². The van der Waals surface area contributed by atoms with Crippen LogP contribution in [0.1, 0.15) is 15.9 Å². The molecule has 0 saturated carbocycles. The Labute approximate surface area is 116 Å². The highest BCUT2D eigenvalue weighted by molar-refractivity contribution is 6.35. The Balaban J connectivity index is 2.13. The van der Waals surface area contributed by atoms with Gasteiger partial charge in [-0.2, -0.15) is 0 Å². The summed E-state index contributed by atoms with van der Waals surface area (Å²) in [6, 6.07) is 7.95. The SMILES string of the molecule is O=C(c1ccc(F)cc1)c1cc2oc(=O)[nH]c2cc1Cl. The first-order valence-electron chi connectivity index (χ1n) is 5.67. The number of carbonyl (C=O) groups excluding carboxylic acids is 1. The maximum absolute atomic E-state index is 12.9. The van der Waals surface area contributed by atoms with E-state index in [2.05, 4.69) is 4.98 Å². The molecule has 100 valence electrons. The molecule has 6 heteroatoms. The van der Waals surface area contributed by atoms with Gasteiger partial charge >= 0.3 is 5.76 Å². The van der Waals surface area contributed by atoms with Gasteiger partial charge in [0.2, 0.25) is 0 Å². The molecule has 0 saturated heterocycles. The fraction of sp³-hybridized carbons (Fsp3) is 0. The molecule has 0 fully saturated rings. The van der Waals surface area contributed by atoms with E-state index in [4.69, 9.17) is 16.0 Å². The molecular formula is C14H7ClFNO3. The van der Waals surface area contributed by atoms with Gasteiger partial charge in [0.15, 0.2) is 11.4 Å². The second-order valence-corrected chi connectivity index (χ2v) is 4.59. The maximum atomic E-state index is 12.9. The van der Waals surface area contributed by atoms with Crippen molar-refractivity contribution in [3.05, 3.63) is 68.9 Å². The number of ketones is 1. The zero-order chi connectivity index (χ0) is 14.3. The van der Waals surface area contributed by atoms with Gasteiger partial charge in [-0.15, -0.1) is 0 Å². The Bertz CT molecular complexity index is 864. The second kappa shape index (κ2) is 4.61. The van der Waals surface area contributed by atoms with Crippen molar-refractivity contribution in [3.63, 3.8) is 0 Å². The summed E-state index contributed by atoms with van der Waals surface area (Å²) in [5.41, 5.74) is 1.14. The van der Waals surface area contributed by atoms with Gasteiger partial charge in [0.1, 0.15) is 5.82 Å². The molecule has 0 aliphatic heterocycles. The monoisotopic (exact) mass is 291 g/mol. The number of aromatic amines is 1. The quantitative estimate of drug-likeness (QED) is 0.738. The third kappa shape index (κ3) is 2.12. The summed E-state index contributed by atoms with van der Waals surface area (Å²) in [4.78, 5) is 25.8. The van der Waals surface area contributed by atoms with Gasteiger partial charge in [0.05, 0.1) is 10.5 Å². The molecule has 0 atom stereocenters. The zero-order valence-corrected chi connectivity index (χ0v) is 10.7. The molecule has 3 aromatic rings. The van der Waals surface area contributed by atoms with E-state index in [1.54, 1.807) is 0 Å². The van der Waals surface area contributed by atoms with Crippen molar-refractivity contribution in [3.8, 4) is 0 Å². The number of hydrogen-bond donors (Lipinski definition) is 1. The van der Waals surface area contributed by atoms with Crippen LogP contribution in [0.2, 0.25) is 5.02 Å². The predicted octanol–water partition coefficient (Wildman–Crippen LogP) is 3.14. The Kier molecular flexibility index (Phi) is 2.91. The van der Waals surface area contributed by atoms with Crippen molar-refractivity contribution >= 4 is 28.5 Å². The number of fused-ring (bicyclic) bond motifs is 1. The number of hydrogen-bond acceptors (Lipinski definition) is 3. The van der Waals surface area contributed by atoms with E-state index in [1.165, 1.54) is 36.4 Å². The Morgan fingerprint density at radius 1 is 1.20 bits per heavy atom. The molecule has 0 aliphatic carbocycles. The van der Waals surface area contributed by atoms with Crippen molar-refractivity contribution in [1.82, 2.24) is 4.98 Å². The molecule has 20 heavy (non-hydrogen) atoms.